The minimum absolute atomic E-state index is 0.0424. The van der Waals surface area contributed by atoms with Gasteiger partial charge in [-0.3, -0.25) is 13.8 Å². The van der Waals surface area contributed by atoms with Crippen LogP contribution in [0.2, 0.25) is 0 Å². The minimum Gasteiger partial charge on any atom is -0.345 e. The molecular formula is C17H21FN2O3S. The minimum atomic E-state index is -1.23. The van der Waals surface area contributed by atoms with Crippen molar-refractivity contribution in [1.29, 1.82) is 0 Å². The molecule has 130 valence electrons. The summed E-state index contributed by atoms with van der Waals surface area (Å²) in [6.07, 6.45) is 2.92. The molecular weight excluding hydrogens is 331 g/mol. The molecule has 2 aliphatic heterocycles. The van der Waals surface area contributed by atoms with Crippen molar-refractivity contribution in [1.82, 2.24) is 9.80 Å². The Hall–Kier alpha value is -1.76. The average molecular weight is 352 g/mol. The van der Waals surface area contributed by atoms with Crippen molar-refractivity contribution in [3.8, 4) is 0 Å². The molecule has 0 aliphatic carbocycles. The molecule has 2 heterocycles. The molecule has 1 aromatic carbocycles. The van der Waals surface area contributed by atoms with Crippen molar-refractivity contribution in [3.05, 3.63) is 30.1 Å². The third-order valence-corrected chi connectivity index (χ3v) is 6.56. The Morgan fingerprint density at radius 3 is 2.42 bits per heavy atom. The zero-order valence-corrected chi connectivity index (χ0v) is 14.2. The first-order valence-corrected chi connectivity index (χ1v) is 9.44. The van der Waals surface area contributed by atoms with E-state index in [1.165, 1.54) is 12.1 Å². The van der Waals surface area contributed by atoms with Crippen LogP contribution in [0.3, 0.4) is 0 Å². The molecule has 0 aromatic heterocycles. The largest absolute Gasteiger partial charge is 0.345 e. The average Bonchev–Trinajstić information content (AvgIpc) is 3.11. The normalized spacial score (nSPS) is 23.3. The highest BCUT2D eigenvalue weighted by Gasteiger charge is 2.35. The quantitative estimate of drug-likeness (QED) is 0.770. The molecule has 0 saturated carbocycles. The predicted octanol–water partition coefficient (Wildman–Crippen LogP) is 1.40. The second-order valence-corrected chi connectivity index (χ2v) is 8.09. The molecule has 2 fully saturated rings. The topological polar surface area (TPSA) is 57.7 Å². The summed E-state index contributed by atoms with van der Waals surface area (Å²) in [5.41, 5.74) is 0. The lowest BCUT2D eigenvalue weighted by Crippen LogP contribution is -2.41. The summed E-state index contributed by atoms with van der Waals surface area (Å²) < 4.78 is 25.6. The molecule has 2 saturated heterocycles. The van der Waals surface area contributed by atoms with E-state index in [0.29, 0.717) is 50.3 Å². The molecule has 5 nitrogen and oxygen atoms in total. The van der Waals surface area contributed by atoms with Crippen LogP contribution in [0.5, 0.6) is 0 Å². The van der Waals surface area contributed by atoms with Gasteiger partial charge in [-0.15, -0.1) is 0 Å². The first-order chi connectivity index (χ1) is 11.6. The Labute approximate surface area is 143 Å². The molecule has 2 aliphatic rings. The molecule has 1 aromatic rings. The van der Waals surface area contributed by atoms with Crippen molar-refractivity contribution in [2.24, 2.45) is 5.92 Å². The molecule has 2 atom stereocenters. The molecule has 3 rings (SSSR count). The molecule has 0 radical (unpaired) electrons. The van der Waals surface area contributed by atoms with Gasteiger partial charge in [0.25, 0.3) is 0 Å². The van der Waals surface area contributed by atoms with Gasteiger partial charge in [-0.05, 0) is 43.5 Å². The summed E-state index contributed by atoms with van der Waals surface area (Å²) in [4.78, 5) is 27.5. The van der Waals surface area contributed by atoms with Crippen LogP contribution in [0, 0.1) is 11.7 Å². The zero-order chi connectivity index (χ0) is 17.1. The maximum atomic E-state index is 13.0. The second kappa shape index (κ2) is 7.42. The number of carbonyl (C=O) groups is 2. The Bertz CT molecular complexity index is 629. The monoisotopic (exact) mass is 352 g/mol. The molecule has 0 N–H and O–H groups in total. The number of hydrogen-bond donors (Lipinski definition) is 0. The molecule has 2 unspecified atom stereocenters. The van der Waals surface area contributed by atoms with Crippen LogP contribution in [0.15, 0.2) is 29.2 Å². The fraction of sp³-hybridized carbons (Fsp3) is 0.529. The molecule has 0 spiro atoms. The fourth-order valence-corrected chi connectivity index (χ4v) is 4.80. The number of benzene rings is 1. The predicted molar refractivity (Wildman–Crippen MR) is 88.2 cm³/mol. The van der Waals surface area contributed by atoms with Gasteiger partial charge in [0.1, 0.15) is 5.82 Å². The lowest BCUT2D eigenvalue weighted by molar-refractivity contribution is -0.137. The van der Waals surface area contributed by atoms with Crippen molar-refractivity contribution in [2.45, 2.75) is 29.4 Å². The number of nitrogens with zero attached hydrogens (tertiary/aromatic N) is 2. The van der Waals surface area contributed by atoms with Gasteiger partial charge < -0.3 is 9.80 Å². The highest BCUT2D eigenvalue weighted by atomic mass is 32.2. The Morgan fingerprint density at radius 1 is 1.12 bits per heavy atom. The van der Waals surface area contributed by atoms with Crippen molar-refractivity contribution in [3.63, 3.8) is 0 Å². The molecule has 0 bridgehead atoms. The van der Waals surface area contributed by atoms with Crippen LogP contribution in [0.25, 0.3) is 0 Å². The maximum absolute atomic E-state index is 13.0. The Morgan fingerprint density at radius 2 is 1.79 bits per heavy atom. The summed E-state index contributed by atoms with van der Waals surface area (Å²) >= 11 is 0. The van der Waals surface area contributed by atoms with E-state index in [2.05, 4.69) is 0 Å². The number of likely N-dealkylation sites (tertiary alicyclic amines) is 2. The number of hydrogen-bond acceptors (Lipinski definition) is 3. The summed E-state index contributed by atoms with van der Waals surface area (Å²) in [5, 5.41) is -0.102. The maximum Gasteiger partial charge on any atom is 0.225 e. The van der Waals surface area contributed by atoms with Crippen LogP contribution in [0.4, 0.5) is 4.39 Å². The third-order valence-electron chi connectivity index (χ3n) is 4.83. The van der Waals surface area contributed by atoms with E-state index in [9.17, 15) is 18.2 Å². The summed E-state index contributed by atoms with van der Waals surface area (Å²) in [7, 11) is -1.23. The number of amides is 2. The first-order valence-electron chi connectivity index (χ1n) is 8.23. The zero-order valence-electron chi connectivity index (χ0n) is 13.4. The number of rotatable bonds is 4. The van der Waals surface area contributed by atoms with Crippen LogP contribution < -0.4 is 0 Å². The van der Waals surface area contributed by atoms with Crippen molar-refractivity contribution in [2.75, 3.05) is 26.2 Å². The SMILES string of the molecule is O=CN1CCC(C(=O)N2CCC(S(=O)c3ccc(F)cc3)C2)CC1. The fourth-order valence-electron chi connectivity index (χ4n) is 3.37. The number of carbonyl (C=O) groups excluding carboxylic acids is 2. The van der Waals surface area contributed by atoms with Gasteiger partial charge in [-0.25, -0.2) is 4.39 Å². The smallest absolute Gasteiger partial charge is 0.225 e. The number of halogens is 1. The van der Waals surface area contributed by atoms with E-state index in [1.54, 1.807) is 21.9 Å². The second-order valence-electron chi connectivity index (χ2n) is 6.36. The van der Waals surface area contributed by atoms with Crippen LogP contribution in [0.1, 0.15) is 19.3 Å². The van der Waals surface area contributed by atoms with E-state index in [-0.39, 0.29) is 22.9 Å². The molecule has 24 heavy (non-hydrogen) atoms. The third kappa shape index (κ3) is 3.66. The van der Waals surface area contributed by atoms with Gasteiger partial charge in [0.05, 0.1) is 16.0 Å². The lowest BCUT2D eigenvalue weighted by Gasteiger charge is -2.31. The van der Waals surface area contributed by atoms with Crippen LogP contribution in [-0.4, -0.2) is 57.8 Å². The van der Waals surface area contributed by atoms with E-state index in [0.717, 1.165) is 6.41 Å². The highest BCUT2D eigenvalue weighted by molar-refractivity contribution is 7.85. The van der Waals surface area contributed by atoms with Gasteiger partial charge >= 0.3 is 0 Å². The Kier molecular flexibility index (Phi) is 5.28. The standard InChI is InChI=1S/C17H21FN2O3S/c18-14-1-3-15(4-2-14)24(23)16-7-10-20(11-16)17(22)13-5-8-19(12-21)9-6-13/h1-4,12-13,16H,5-11H2. The van der Waals surface area contributed by atoms with Crippen LogP contribution in [-0.2, 0) is 20.4 Å². The van der Waals surface area contributed by atoms with E-state index in [1.807, 2.05) is 0 Å². The van der Waals surface area contributed by atoms with Crippen molar-refractivity contribution < 1.29 is 18.2 Å². The highest BCUT2D eigenvalue weighted by Crippen LogP contribution is 2.25. The van der Waals surface area contributed by atoms with E-state index in [4.69, 9.17) is 0 Å². The van der Waals surface area contributed by atoms with E-state index < -0.39 is 10.8 Å². The number of piperidine rings is 1. The lowest BCUT2D eigenvalue weighted by atomic mass is 9.96. The van der Waals surface area contributed by atoms with Gasteiger partial charge in [0.15, 0.2) is 0 Å². The van der Waals surface area contributed by atoms with Gasteiger partial charge in [-0.2, -0.15) is 0 Å². The summed E-state index contributed by atoms with van der Waals surface area (Å²) in [5.74, 6) is -0.279. The van der Waals surface area contributed by atoms with Gasteiger partial charge in [0, 0.05) is 37.0 Å². The van der Waals surface area contributed by atoms with E-state index >= 15 is 0 Å². The van der Waals surface area contributed by atoms with Gasteiger partial charge in [0.2, 0.25) is 12.3 Å². The first kappa shape index (κ1) is 17.1. The van der Waals surface area contributed by atoms with Gasteiger partial charge in [-0.1, -0.05) is 0 Å². The summed E-state index contributed by atoms with van der Waals surface area (Å²) in [6, 6.07) is 5.72. The molecule has 7 heteroatoms. The Balaban J connectivity index is 1.57. The molecule has 2 amide bonds. The summed E-state index contributed by atoms with van der Waals surface area (Å²) in [6.45, 7) is 2.35. The van der Waals surface area contributed by atoms with Crippen molar-refractivity contribution >= 4 is 23.1 Å². The van der Waals surface area contributed by atoms with Crippen LogP contribution >= 0.6 is 0 Å².